The van der Waals surface area contributed by atoms with Crippen molar-refractivity contribution in [3.63, 3.8) is 0 Å². The summed E-state index contributed by atoms with van der Waals surface area (Å²) in [5.41, 5.74) is 7.67. The van der Waals surface area contributed by atoms with Crippen molar-refractivity contribution in [1.82, 2.24) is 0 Å². The Bertz CT molecular complexity index is 597. The van der Waals surface area contributed by atoms with Crippen molar-refractivity contribution >= 4 is 0 Å². The predicted octanol–water partition coefficient (Wildman–Crippen LogP) is 4.46. The molecule has 2 aromatic rings. The lowest BCUT2D eigenvalue weighted by molar-refractivity contribution is 0.293. The van der Waals surface area contributed by atoms with Crippen LogP contribution in [0.5, 0.6) is 5.75 Å². The van der Waals surface area contributed by atoms with E-state index in [1.54, 1.807) is 12.1 Å². The lowest BCUT2D eigenvalue weighted by Crippen LogP contribution is -2.17. The van der Waals surface area contributed by atoms with Crippen LogP contribution in [0.3, 0.4) is 0 Å². The van der Waals surface area contributed by atoms with Crippen LogP contribution >= 0.6 is 0 Å². The first kappa shape index (κ1) is 16.5. The quantitative estimate of drug-likeness (QED) is 0.819. The topological polar surface area (TPSA) is 35.2 Å². The molecule has 118 valence electrons. The number of nitrogens with two attached hydrogens (primary N) is 1. The van der Waals surface area contributed by atoms with Gasteiger partial charge in [0.1, 0.15) is 11.6 Å². The highest BCUT2D eigenvalue weighted by Gasteiger charge is 2.14. The van der Waals surface area contributed by atoms with Gasteiger partial charge in [-0.1, -0.05) is 50.2 Å². The number of halogens is 1. The van der Waals surface area contributed by atoms with E-state index in [9.17, 15) is 4.39 Å². The monoisotopic (exact) mass is 301 g/mol. The van der Waals surface area contributed by atoms with Crippen LogP contribution < -0.4 is 10.5 Å². The normalized spacial score (nSPS) is 12.4. The first-order valence-electron chi connectivity index (χ1n) is 7.79. The lowest BCUT2D eigenvalue weighted by atomic mass is 9.95. The van der Waals surface area contributed by atoms with E-state index in [0.29, 0.717) is 31.1 Å². The molecule has 0 radical (unpaired) electrons. The van der Waals surface area contributed by atoms with Crippen molar-refractivity contribution in [1.29, 1.82) is 0 Å². The van der Waals surface area contributed by atoms with Gasteiger partial charge in [-0.3, -0.25) is 0 Å². The highest BCUT2D eigenvalue weighted by Crippen LogP contribution is 2.27. The highest BCUT2D eigenvalue weighted by molar-refractivity contribution is 5.35. The van der Waals surface area contributed by atoms with E-state index in [1.807, 2.05) is 24.3 Å². The SMILES string of the molecule is CC(C)c1ccccc1OCCC(CN)c1ccccc1F. The fourth-order valence-corrected chi connectivity index (χ4v) is 2.61. The molecule has 2 aromatic carbocycles. The van der Waals surface area contributed by atoms with Crippen molar-refractivity contribution in [2.75, 3.05) is 13.2 Å². The van der Waals surface area contributed by atoms with Gasteiger partial charge in [0, 0.05) is 5.92 Å². The molecule has 0 aliphatic carbocycles. The smallest absolute Gasteiger partial charge is 0.126 e. The van der Waals surface area contributed by atoms with Crippen LogP contribution in [0, 0.1) is 5.82 Å². The van der Waals surface area contributed by atoms with Crippen molar-refractivity contribution in [2.24, 2.45) is 5.73 Å². The molecule has 0 aliphatic heterocycles. The lowest BCUT2D eigenvalue weighted by Gasteiger charge is -2.18. The van der Waals surface area contributed by atoms with Crippen molar-refractivity contribution < 1.29 is 9.13 Å². The zero-order valence-corrected chi connectivity index (χ0v) is 13.3. The summed E-state index contributed by atoms with van der Waals surface area (Å²) < 4.78 is 19.8. The maximum atomic E-state index is 13.9. The highest BCUT2D eigenvalue weighted by atomic mass is 19.1. The summed E-state index contributed by atoms with van der Waals surface area (Å²) in [7, 11) is 0. The zero-order valence-electron chi connectivity index (χ0n) is 13.3. The van der Waals surface area contributed by atoms with Crippen LogP contribution in [-0.4, -0.2) is 13.2 Å². The number of hydrogen-bond acceptors (Lipinski definition) is 2. The standard InChI is InChI=1S/C19H24FNO/c1-14(2)16-7-4-6-10-19(16)22-12-11-15(13-21)17-8-3-5-9-18(17)20/h3-10,14-15H,11-13,21H2,1-2H3. The van der Waals surface area contributed by atoms with Gasteiger partial charge >= 0.3 is 0 Å². The Balaban J connectivity index is 1.99. The third kappa shape index (κ3) is 4.08. The molecule has 22 heavy (non-hydrogen) atoms. The van der Waals surface area contributed by atoms with Gasteiger partial charge in [-0.05, 0) is 42.1 Å². The predicted molar refractivity (Wildman–Crippen MR) is 88.8 cm³/mol. The molecule has 2 rings (SSSR count). The minimum Gasteiger partial charge on any atom is -0.493 e. The number of ether oxygens (including phenoxy) is 1. The molecule has 2 N–H and O–H groups in total. The van der Waals surface area contributed by atoms with Crippen LogP contribution in [0.15, 0.2) is 48.5 Å². The van der Waals surface area contributed by atoms with Crippen LogP contribution in [0.4, 0.5) is 4.39 Å². The van der Waals surface area contributed by atoms with Gasteiger partial charge in [-0.2, -0.15) is 0 Å². The maximum Gasteiger partial charge on any atom is 0.126 e. The second-order valence-electron chi connectivity index (χ2n) is 5.78. The summed E-state index contributed by atoms with van der Waals surface area (Å²) in [5.74, 6) is 1.10. The van der Waals surface area contributed by atoms with Crippen molar-refractivity contribution in [2.45, 2.75) is 32.1 Å². The summed E-state index contributed by atoms with van der Waals surface area (Å²) in [6.45, 7) is 5.23. The summed E-state index contributed by atoms with van der Waals surface area (Å²) in [6.07, 6.45) is 0.698. The third-order valence-electron chi connectivity index (χ3n) is 3.89. The fraction of sp³-hybridized carbons (Fsp3) is 0.368. The van der Waals surface area contributed by atoms with E-state index in [0.717, 1.165) is 5.75 Å². The van der Waals surface area contributed by atoms with Gasteiger partial charge < -0.3 is 10.5 Å². The first-order valence-corrected chi connectivity index (χ1v) is 7.79. The Morgan fingerprint density at radius 3 is 2.27 bits per heavy atom. The molecule has 1 atom stereocenters. The van der Waals surface area contributed by atoms with E-state index in [1.165, 1.54) is 11.6 Å². The van der Waals surface area contributed by atoms with Crippen LogP contribution in [-0.2, 0) is 0 Å². The van der Waals surface area contributed by atoms with Gasteiger partial charge in [0.15, 0.2) is 0 Å². The zero-order chi connectivity index (χ0) is 15.9. The number of rotatable bonds is 7. The number of benzene rings is 2. The molecule has 0 amide bonds. The summed E-state index contributed by atoms with van der Waals surface area (Å²) >= 11 is 0. The Hall–Kier alpha value is -1.87. The molecule has 0 aromatic heterocycles. The van der Waals surface area contributed by atoms with Gasteiger partial charge in [-0.25, -0.2) is 4.39 Å². The molecule has 2 nitrogen and oxygen atoms in total. The minimum absolute atomic E-state index is 0.0209. The fourth-order valence-electron chi connectivity index (χ4n) is 2.61. The van der Waals surface area contributed by atoms with E-state index in [4.69, 9.17) is 10.5 Å². The second-order valence-corrected chi connectivity index (χ2v) is 5.78. The third-order valence-corrected chi connectivity index (χ3v) is 3.89. The molecule has 0 bridgehead atoms. The molecule has 0 saturated carbocycles. The van der Waals surface area contributed by atoms with E-state index in [-0.39, 0.29) is 11.7 Å². The molecular weight excluding hydrogens is 277 g/mol. The van der Waals surface area contributed by atoms with E-state index >= 15 is 0 Å². The van der Waals surface area contributed by atoms with Gasteiger partial charge in [0.25, 0.3) is 0 Å². The molecule has 0 saturated heterocycles. The van der Waals surface area contributed by atoms with Gasteiger partial charge in [-0.15, -0.1) is 0 Å². The Kier molecular flexibility index (Phi) is 5.96. The molecule has 3 heteroatoms. The average molecular weight is 301 g/mol. The Labute approximate surface area is 132 Å². The van der Waals surface area contributed by atoms with Crippen molar-refractivity contribution in [3.8, 4) is 5.75 Å². The van der Waals surface area contributed by atoms with E-state index in [2.05, 4.69) is 19.9 Å². The largest absolute Gasteiger partial charge is 0.493 e. The second kappa shape index (κ2) is 7.95. The number of hydrogen-bond donors (Lipinski definition) is 1. The summed E-state index contributed by atoms with van der Waals surface area (Å²) in [6, 6.07) is 14.9. The van der Waals surface area contributed by atoms with Gasteiger partial charge in [0.2, 0.25) is 0 Å². The van der Waals surface area contributed by atoms with Crippen LogP contribution in [0.1, 0.15) is 43.2 Å². The summed E-state index contributed by atoms with van der Waals surface area (Å²) in [5, 5.41) is 0. The van der Waals surface area contributed by atoms with Crippen LogP contribution in [0.25, 0.3) is 0 Å². The molecule has 0 fully saturated rings. The average Bonchev–Trinajstić information content (AvgIpc) is 2.53. The first-order chi connectivity index (χ1) is 10.6. The van der Waals surface area contributed by atoms with Crippen LogP contribution in [0.2, 0.25) is 0 Å². The summed E-state index contributed by atoms with van der Waals surface area (Å²) in [4.78, 5) is 0. The minimum atomic E-state index is -0.194. The molecule has 0 aliphatic rings. The van der Waals surface area contributed by atoms with Crippen molar-refractivity contribution in [3.05, 3.63) is 65.5 Å². The Morgan fingerprint density at radius 2 is 1.64 bits per heavy atom. The molecule has 0 spiro atoms. The van der Waals surface area contributed by atoms with E-state index < -0.39 is 0 Å². The molecule has 1 unspecified atom stereocenters. The molecule has 0 heterocycles. The van der Waals surface area contributed by atoms with Gasteiger partial charge in [0.05, 0.1) is 6.61 Å². The molecular formula is C19H24FNO. The Morgan fingerprint density at radius 1 is 1.00 bits per heavy atom. The maximum absolute atomic E-state index is 13.9. The number of para-hydroxylation sites is 1.